The van der Waals surface area contributed by atoms with Crippen LogP contribution in [0.15, 0.2) is 34.0 Å². The molecule has 1 atom stereocenters. The summed E-state index contributed by atoms with van der Waals surface area (Å²) in [4.78, 5) is 20.6. The molecule has 2 aliphatic heterocycles. The van der Waals surface area contributed by atoms with E-state index < -0.39 is 11.6 Å². The van der Waals surface area contributed by atoms with Crippen molar-refractivity contribution in [3.05, 3.63) is 51.9 Å². The van der Waals surface area contributed by atoms with E-state index in [2.05, 4.69) is 16.8 Å². The highest BCUT2D eigenvalue weighted by molar-refractivity contribution is 7.99. The van der Waals surface area contributed by atoms with Crippen LogP contribution in [0.4, 0.5) is 14.6 Å². The van der Waals surface area contributed by atoms with E-state index in [1.54, 1.807) is 16.3 Å². The van der Waals surface area contributed by atoms with Crippen LogP contribution in [-0.4, -0.2) is 27.9 Å². The zero-order chi connectivity index (χ0) is 21.0. The monoisotopic (exact) mass is 427 g/mol. The second-order valence-corrected chi connectivity index (χ2v) is 9.28. The summed E-state index contributed by atoms with van der Waals surface area (Å²) in [6.45, 7) is 5.57. The Hall–Kier alpha value is -2.41. The quantitative estimate of drug-likeness (QED) is 0.568. The number of aromatic nitrogens is 2. The Labute approximate surface area is 177 Å². The highest BCUT2D eigenvalue weighted by atomic mass is 32.2. The molecule has 3 aromatic rings. The Morgan fingerprint density at radius 2 is 2.00 bits per heavy atom. The van der Waals surface area contributed by atoms with Crippen LogP contribution in [0.1, 0.15) is 31.7 Å². The van der Waals surface area contributed by atoms with Crippen LogP contribution >= 0.6 is 11.8 Å². The standard InChI is InChI=1S/C23H23F2N3OS/c1-13-11-17-20-21(19(13)16-7-6-15(24)12-18(16)25)30-10-9-28(20)23(29)26-22(17)27-8-4-3-5-14(27)2/h6-7,11-12,14H,3-5,8-10H2,1-2H3/t14-/m0/s1. The molecule has 2 aromatic carbocycles. The molecule has 7 heteroatoms. The van der Waals surface area contributed by atoms with E-state index in [1.165, 1.54) is 18.6 Å². The SMILES string of the molecule is Cc1cc2c(N3CCCC[C@@H]3C)nc(=O)n3c2c(c1-c1ccc(F)cc1F)SCC3. The molecule has 0 saturated carbocycles. The second kappa shape index (κ2) is 7.38. The number of hydrogen-bond donors (Lipinski definition) is 0. The van der Waals surface area contributed by atoms with E-state index >= 15 is 0 Å². The van der Waals surface area contributed by atoms with Crippen molar-refractivity contribution in [3.63, 3.8) is 0 Å². The van der Waals surface area contributed by atoms with Crippen LogP contribution in [0.2, 0.25) is 0 Å². The van der Waals surface area contributed by atoms with E-state index in [9.17, 15) is 13.6 Å². The molecule has 0 spiro atoms. The number of piperidine rings is 1. The third-order valence-corrected chi connectivity index (χ3v) is 7.31. The van der Waals surface area contributed by atoms with Gasteiger partial charge in [0.25, 0.3) is 0 Å². The van der Waals surface area contributed by atoms with Crippen molar-refractivity contribution in [2.75, 3.05) is 17.2 Å². The van der Waals surface area contributed by atoms with E-state index in [0.29, 0.717) is 23.9 Å². The van der Waals surface area contributed by atoms with Crippen LogP contribution in [0.25, 0.3) is 22.0 Å². The van der Waals surface area contributed by atoms with E-state index in [1.807, 2.05) is 13.0 Å². The normalized spacial score (nSPS) is 18.8. The third-order valence-electron chi connectivity index (χ3n) is 6.23. The van der Waals surface area contributed by atoms with Gasteiger partial charge in [0.1, 0.15) is 17.5 Å². The number of nitrogens with zero attached hydrogens (tertiary/aromatic N) is 3. The molecule has 0 bridgehead atoms. The van der Waals surface area contributed by atoms with Crippen molar-refractivity contribution < 1.29 is 8.78 Å². The van der Waals surface area contributed by atoms with Gasteiger partial charge in [-0.1, -0.05) is 0 Å². The molecule has 3 heterocycles. The van der Waals surface area contributed by atoms with Gasteiger partial charge in [-0.2, -0.15) is 4.98 Å². The Balaban J connectivity index is 1.84. The van der Waals surface area contributed by atoms with E-state index in [0.717, 1.165) is 58.2 Å². The fraction of sp³-hybridized carbons (Fsp3) is 0.391. The summed E-state index contributed by atoms with van der Waals surface area (Å²) >= 11 is 1.63. The van der Waals surface area contributed by atoms with Crippen molar-refractivity contribution >= 4 is 28.5 Å². The van der Waals surface area contributed by atoms with Crippen LogP contribution in [0.3, 0.4) is 0 Å². The molecular weight excluding hydrogens is 404 g/mol. The van der Waals surface area contributed by atoms with Gasteiger partial charge in [-0.25, -0.2) is 13.6 Å². The van der Waals surface area contributed by atoms with Crippen molar-refractivity contribution in [2.24, 2.45) is 0 Å². The first-order valence-corrected chi connectivity index (χ1v) is 11.4. The number of thioether (sulfide) groups is 1. The number of rotatable bonds is 2. The minimum atomic E-state index is -0.599. The largest absolute Gasteiger partial charge is 0.353 e. The molecule has 0 aliphatic carbocycles. The van der Waals surface area contributed by atoms with Crippen molar-refractivity contribution in [2.45, 2.75) is 50.6 Å². The van der Waals surface area contributed by atoms with Gasteiger partial charge >= 0.3 is 5.69 Å². The molecule has 5 rings (SSSR count). The maximum atomic E-state index is 14.7. The zero-order valence-electron chi connectivity index (χ0n) is 17.0. The summed E-state index contributed by atoms with van der Waals surface area (Å²) in [6, 6.07) is 6.02. The lowest BCUT2D eigenvalue weighted by Gasteiger charge is -2.36. The lowest BCUT2D eigenvalue weighted by molar-refractivity contribution is 0.481. The predicted octanol–water partition coefficient (Wildman–Crippen LogP) is 5.13. The molecule has 0 radical (unpaired) electrons. The van der Waals surface area contributed by atoms with Gasteiger partial charge in [-0.05, 0) is 56.9 Å². The first-order chi connectivity index (χ1) is 14.5. The summed E-state index contributed by atoms with van der Waals surface area (Å²) in [5.41, 5.74) is 2.57. The molecule has 1 fully saturated rings. The fourth-order valence-corrected chi connectivity index (χ4v) is 6.02. The van der Waals surface area contributed by atoms with Crippen molar-refractivity contribution in [1.82, 2.24) is 9.55 Å². The van der Waals surface area contributed by atoms with Crippen molar-refractivity contribution in [1.29, 1.82) is 0 Å². The average molecular weight is 428 g/mol. The molecule has 1 saturated heterocycles. The van der Waals surface area contributed by atoms with Gasteiger partial charge in [0.05, 0.1) is 5.52 Å². The highest BCUT2D eigenvalue weighted by Crippen LogP contribution is 2.44. The highest BCUT2D eigenvalue weighted by Gasteiger charge is 2.28. The molecule has 0 amide bonds. The molecule has 0 unspecified atom stereocenters. The summed E-state index contributed by atoms with van der Waals surface area (Å²) in [5, 5.41) is 0.939. The summed E-state index contributed by atoms with van der Waals surface area (Å²) in [5.74, 6) is 0.255. The van der Waals surface area contributed by atoms with Crippen molar-refractivity contribution in [3.8, 4) is 11.1 Å². The van der Waals surface area contributed by atoms with Crippen LogP contribution < -0.4 is 10.6 Å². The Morgan fingerprint density at radius 1 is 1.17 bits per heavy atom. The van der Waals surface area contributed by atoms with Crippen LogP contribution in [0, 0.1) is 18.6 Å². The van der Waals surface area contributed by atoms with Crippen LogP contribution in [0.5, 0.6) is 0 Å². The minimum Gasteiger partial charge on any atom is -0.353 e. The molecule has 2 aliphatic rings. The summed E-state index contributed by atoms with van der Waals surface area (Å²) in [6.07, 6.45) is 3.34. The summed E-state index contributed by atoms with van der Waals surface area (Å²) < 4.78 is 29.9. The van der Waals surface area contributed by atoms with Gasteiger partial charge in [-0.3, -0.25) is 4.57 Å². The Morgan fingerprint density at radius 3 is 2.77 bits per heavy atom. The molecule has 4 nitrogen and oxygen atoms in total. The van der Waals surface area contributed by atoms with E-state index in [-0.39, 0.29) is 5.69 Å². The van der Waals surface area contributed by atoms with Gasteiger partial charge in [0, 0.05) is 52.4 Å². The lowest BCUT2D eigenvalue weighted by Crippen LogP contribution is -2.40. The average Bonchev–Trinajstić information content (AvgIpc) is 2.72. The fourth-order valence-electron chi connectivity index (χ4n) is 4.77. The number of aryl methyl sites for hydroxylation is 2. The molecule has 156 valence electrons. The minimum absolute atomic E-state index is 0.258. The van der Waals surface area contributed by atoms with E-state index in [4.69, 9.17) is 0 Å². The topological polar surface area (TPSA) is 38.1 Å². The molecule has 0 N–H and O–H groups in total. The molecular formula is C23H23F2N3OS. The lowest BCUT2D eigenvalue weighted by atomic mass is 9.96. The maximum Gasteiger partial charge on any atom is 0.350 e. The van der Waals surface area contributed by atoms with Gasteiger partial charge in [0.15, 0.2) is 0 Å². The zero-order valence-corrected chi connectivity index (χ0v) is 17.9. The van der Waals surface area contributed by atoms with Gasteiger partial charge in [-0.15, -0.1) is 11.8 Å². The number of benzene rings is 2. The number of anilines is 1. The van der Waals surface area contributed by atoms with Gasteiger partial charge < -0.3 is 4.90 Å². The smallest absolute Gasteiger partial charge is 0.350 e. The first kappa shape index (κ1) is 19.5. The number of hydrogen-bond acceptors (Lipinski definition) is 4. The third kappa shape index (κ3) is 3.02. The Bertz CT molecular complexity index is 1220. The first-order valence-electron chi connectivity index (χ1n) is 10.4. The molecule has 30 heavy (non-hydrogen) atoms. The van der Waals surface area contributed by atoms with Crippen LogP contribution in [-0.2, 0) is 6.54 Å². The Kier molecular flexibility index (Phi) is 4.81. The predicted molar refractivity (Wildman–Crippen MR) is 117 cm³/mol. The number of halogens is 2. The van der Waals surface area contributed by atoms with Gasteiger partial charge in [0.2, 0.25) is 0 Å². The maximum absolute atomic E-state index is 14.7. The molecule has 1 aromatic heterocycles. The summed E-state index contributed by atoms with van der Waals surface area (Å²) in [7, 11) is 0. The second-order valence-electron chi connectivity index (χ2n) is 8.17.